The SMILES string of the molecule is [CH2][C@H](CC(=O)OC(C)(C)C)NC(=O)OC(C)(C)C. The number of hydrogen-bond donors (Lipinski definition) is 1. The molecule has 1 amide bonds. The van der Waals surface area contributed by atoms with Crippen molar-refractivity contribution in [2.45, 2.75) is 65.2 Å². The number of carbonyl (C=O) groups excluding carboxylic acids is 2. The molecule has 0 aromatic carbocycles. The summed E-state index contributed by atoms with van der Waals surface area (Å²) in [6, 6.07) is -0.574. The predicted octanol–water partition coefficient (Wildman–Crippen LogP) is 2.45. The van der Waals surface area contributed by atoms with Crippen LogP contribution in [0.15, 0.2) is 0 Å². The van der Waals surface area contributed by atoms with Crippen molar-refractivity contribution in [2.24, 2.45) is 0 Å². The second-order valence-corrected chi connectivity index (χ2v) is 6.13. The molecule has 0 spiro atoms. The molecule has 0 saturated heterocycles. The molecule has 0 aromatic heterocycles. The Morgan fingerprint density at radius 2 is 1.50 bits per heavy atom. The fourth-order valence-electron chi connectivity index (χ4n) is 1.11. The summed E-state index contributed by atoms with van der Waals surface area (Å²) in [6.45, 7) is 14.3. The summed E-state index contributed by atoms with van der Waals surface area (Å²) < 4.78 is 10.2. The Labute approximate surface area is 109 Å². The van der Waals surface area contributed by atoms with Gasteiger partial charge in [-0.1, -0.05) is 0 Å². The monoisotopic (exact) mass is 258 g/mol. The number of alkyl carbamates (subject to hydrolysis) is 1. The molecule has 0 saturated carbocycles. The Morgan fingerprint density at radius 1 is 1.06 bits per heavy atom. The van der Waals surface area contributed by atoms with Crippen molar-refractivity contribution in [1.29, 1.82) is 0 Å². The Hall–Kier alpha value is -1.26. The van der Waals surface area contributed by atoms with Crippen LogP contribution in [0.3, 0.4) is 0 Å². The molecule has 0 aliphatic heterocycles. The summed E-state index contributed by atoms with van der Waals surface area (Å²) in [6.07, 6.45) is -0.581. The second-order valence-electron chi connectivity index (χ2n) is 6.13. The molecular formula is C13H24NO4. The Morgan fingerprint density at radius 3 is 1.89 bits per heavy atom. The van der Waals surface area contributed by atoms with E-state index in [1.165, 1.54) is 0 Å². The third-order valence-corrected chi connectivity index (χ3v) is 1.55. The van der Waals surface area contributed by atoms with Crippen LogP contribution >= 0.6 is 0 Å². The first-order valence-corrected chi connectivity index (χ1v) is 5.93. The molecule has 1 radical (unpaired) electrons. The van der Waals surface area contributed by atoms with Gasteiger partial charge >= 0.3 is 12.1 Å². The van der Waals surface area contributed by atoms with Gasteiger partial charge in [0.25, 0.3) is 0 Å². The largest absolute Gasteiger partial charge is 0.460 e. The third kappa shape index (κ3) is 9.93. The van der Waals surface area contributed by atoms with Crippen molar-refractivity contribution >= 4 is 12.1 Å². The predicted molar refractivity (Wildman–Crippen MR) is 69.0 cm³/mol. The summed E-state index contributed by atoms with van der Waals surface area (Å²) in [5, 5.41) is 2.48. The number of esters is 1. The lowest BCUT2D eigenvalue weighted by atomic mass is 10.2. The summed E-state index contributed by atoms with van der Waals surface area (Å²) in [7, 11) is 0. The first-order valence-electron chi connectivity index (χ1n) is 5.93. The maximum atomic E-state index is 11.5. The van der Waals surface area contributed by atoms with Gasteiger partial charge in [0.1, 0.15) is 11.2 Å². The Bertz CT molecular complexity index is 269. The van der Waals surface area contributed by atoms with Crippen molar-refractivity contribution in [2.75, 3.05) is 0 Å². The van der Waals surface area contributed by atoms with Gasteiger partial charge in [0, 0.05) is 6.04 Å². The van der Waals surface area contributed by atoms with Gasteiger partial charge in [-0.05, 0) is 48.5 Å². The van der Waals surface area contributed by atoms with E-state index in [-0.39, 0.29) is 6.42 Å². The first kappa shape index (κ1) is 16.7. The number of nitrogens with one attached hydrogen (secondary N) is 1. The summed E-state index contributed by atoms with van der Waals surface area (Å²) in [5.74, 6) is -0.404. The molecule has 18 heavy (non-hydrogen) atoms. The van der Waals surface area contributed by atoms with Crippen molar-refractivity contribution in [3.05, 3.63) is 6.92 Å². The highest BCUT2D eigenvalue weighted by atomic mass is 16.6. The van der Waals surface area contributed by atoms with Crippen molar-refractivity contribution in [3.8, 4) is 0 Å². The van der Waals surface area contributed by atoms with Gasteiger partial charge in [-0.2, -0.15) is 0 Å². The van der Waals surface area contributed by atoms with E-state index >= 15 is 0 Å². The number of carbonyl (C=O) groups is 2. The van der Waals surface area contributed by atoms with Crippen LogP contribution in [-0.4, -0.2) is 29.3 Å². The molecule has 5 nitrogen and oxygen atoms in total. The number of amides is 1. The van der Waals surface area contributed by atoms with Crippen LogP contribution in [0.1, 0.15) is 48.0 Å². The summed E-state index contributed by atoms with van der Waals surface area (Å²) in [4.78, 5) is 22.9. The van der Waals surface area contributed by atoms with Gasteiger partial charge < -0.3 is 14.8 Å². The molecule has 0 fully saturated rings. The smallest absolute Gasteiger partial charge is 0.407 e. The molecule has 5 heteroatoms. The standard InChI is InChI=1S/C13H24NO4/c1-9(8-10(15)17-12(2,3)4)14-11(16)18-13(5,6)7/h9H,1,8H2,2-7H3,(H,14,16)/t9-/m1/s1. The van der Waals surface area contributed by atoms with Gasteiger partial charge in [0.2, 0.25) is 0 Å². The zero-order chi connectivity index (χ0) is 14.6. The van der Waals surface area contributed by atoms with E-state index in [1.807, 2.05) is 0 Å². The van der Waals surface area contributed by atoms with Gasteiger partial charge in [-0.25, -0.2) is 4.79 Å². The van der Waals surface area contributed by atoms with Gasteiger partial charge in [-0.15, -0.1) is 0 Å². The molecule has 0 unspecified atom stereocenters. The number of rotatable bonds is 3. The Kier molecular flexibility index (Phi) is 5.64. The van der Waals surface area contributed by atoms with Gasteiger partial charge in [0.15, 0.2) is 0 Å². The topological polar surface area (TPSA) is 64.6 Å². The zero-order valence-corrected chi connectivity index (χ0v) is 12.1. The molecule has 0 heterocycles. The van der Waals surface area contributed by atoms with E-state index in [0.29, 0.717) is 0 Å². The molecular weight excluding hydrogens is 234 g/mol. The third-order valence-electron chi connectivity index (χ3n) is 1.55. The van der Waals surface area contributed by atoms with Crippen molar-refractivity contribution in [1.82, 2.24) is 5.32 Å². The molecule has 0 aliphatic carbocycles. The molecule has 105 valence electrons. The Balaban J connectivity index is 4.08. The average molecular weight is 258 g/mol. The van der Waals surface area contributed by atoms with E-state index in [9.17, 15) is 9.59 Å². The van der Waals surface area contributed by atoms with Crippen LogP contribution < -0.4 is 5.32 Å². The lowest BCUT2D eigenvalue weighted by molar-refractivity contribution is -0.155. The highest BCUT2D eigenvalue weighted by Gasteiger charge is 2.21. The zero-order valence-electron chi connectivity index (χ0n) is 12.1. The van der Waals surface area contributed by atoms with E-state index in [4.69, 9.17) is 9.47 Å². The fourth-order valence-corrected chi connectivity index (χ4v) is 1.11. The van der Waals surface area contributed by atoms with Crippen LogP contribution in [0.5, 0.6) is 0 Å². The van der Waals surface area contributed by atoms with E-state index in [1.54, 1.807) is 41.5 Å². The van der Waals surface area contributed by atoms with Crippen LogP contribution in [0.2, 0.25) is 0 Å². The van der Waals surface area contributed by atoms with E-state index in [0.717, 1.165) is 0 Å². The lowest BCUT2D eigenvalue weighted by Crippen LogP contribution is -2.39. The minimum Gasteiger partial charge on any atom is -0.460 e. The van der Waals surface area contributed by atoms with Crippen molar-refractivity contribution < 1.29 is 19.1 Å². The van der Waals surface area contributed by atoms with E-state index < -0.39 is 29.3 Å². The molecule has 1 N–H and O–H groups in total. The van der Waals surface area contributed by atoms with Crippen LogP contribution in [0, 0.1) is 6.92 Å². The molecule has 0 aliphatic rings. The highest BCUT2D eigenvalue weighted by Crippen LogP contribution is 2.10. The molecule has 0 bridgehead atoms. The van der Waals surface area contributed by atoms with E-state index in [2.05, 4.69) is 12.2 Å². The first-order chi connectivity index (χ1) is 7.89. The average Bonchev–Trinajstić information content (AvgIpc) is 1.92. The normalized spacial score (nSPS) is 13.7. The van der Waals surface area contributed by atoms with Crippen LogP contribution in [0.4, 0.5) is 4.79 Å². The van der Waals surface area contributed by atoms with Gasteiger partial charge in [0.05, 0.1) is 6.42 Å². The maximum absolute atomic E-state index is 11.5. The minimum absolute atomic E-state index is 0.0104. The van der Waals surface area contributed by atoms with Crippen LogP contribution in [-0.2, 0) is 14.3 Å². The van der Waals surface area contributed by atoms with Crippen LogP contribution in [0.25, 0.3) is 0 Å². The maximum Gasteiger partial charge on any atom is 0.407 e. The number of ether oxygens (including phenoxy) is 2. The summed E-state index contributed by atoms with van der Waals surface area (Å²) in [5.41, 5.74) is -1.11. The lowest BCUT2D eigenvalue weighted by Gasteiger charge is -2.23. The van der Waals surface area contributed by atoms with Gasteiger partial charge in [-0.3, -0.25) is 4.79 Å². The molecule has 1 atom stereocenters. The molecule has 0 rings (SSSR count). The minimum atomic E-state index is -0.592. The highest BCUT2D eigenvalue weighted by molar-refractivity contribution is 5.73. The fraction of sp³-hybridized carbons (Fsp3) is 0.769. The number of hydrogen-bond acceptors (Lipinski definition) is 4. The van der Waals surface area contributed by atoms with Crippen molar-refractivity contribution in [3.63, 3.8) is 0 Å². The second kappa shape index (κ2) is 6.07. The summed E-state index contributed by atoms with van der Waals surface area (Å²) >= 11 is 0. The molecule has 0 aromatic rings. The quantitative estimate of drug-likeness (QED) is 0.790.